The summed E-state index contributed by atoms with van der Waals surface area (Å²) < 4.78 is 54.1. The van der Waals surface area contributed by atoms with Gasteiger partial charge in [0, 0.05) is 41.3 Å². The lowest BCUT2D eigenvalue weighted by atomic mass is 9.85. The van der Waals surface area contributed by atoms with Crippen LogP contribution in [-0.4, -0.2) is 47.5 Å². The normalized spacial score (nSPS) is 20.2. The largest absolute Gasteiger partial charge is 0.508 e. The Bertz CT molecular complexity index is 1360. The molecule has 2 aliphatic rings. The van der Waals surface area contributed by atoms with Crippen LogP contribution in [0.2, 0.25) is 0 Å². The maximum Gasteiger partial charge on any atom is 0.167 e. The van der Waals surface area contributed by atoms with Gasteiger partial charge < -0.3 is 19.7 Å². The van der Waals surface area contributed by atoms with E-state index in [1.54, 1.807) is 25.1 Å². The molecular formula is C30H30F3NO4. The topological polar surface area (TPSA) is 62.2 Å². The van der Waals surface area contributed by atoms with Crippen molar-refractivity contribution in [2.45, 2.75) is 32.4 Å². The molecule has 5 rings (SSSR count). The van der Waals surface area contributed by atoms with Crippen molar-refractivity contribution in [2.24, 2.45) is 5.92 Å². The van der Waals surface area contributed by atoms with Gasteiger partial charge in [0.05, 0.1) is 6.67 Å². The highest BCUT2D eigenvalue weighted by Crippen LogP contribution is 2.48. The number of fused-ring (bicyclic) bond motifs is 1. The van der Waals surface area contributed by atoms with Crippen LogP contribution in [0.25, 0.3) is 11.1 Å². The second-order valence-corrected chi connectivity index (χ2v) is 10.0. The van der Waals surface area contributed by atoms with Crippen LogP contribution in [0.1, 0.15) is 43.1 Å². The number of rotatable bonds is 7. The number of benzene rings is 3. The van der Waals surface area contributed by atoms with E-state index in [2.05, 4.69) is 11.8 Å². The molecule has 3 aromatic carbocycles. The molecule has 0 radical (unpaired) electrons. The van der Waals surface area contributed by atoms with Gasteiger partial charge in [-0.05, 0) is 74.3 Å². The summed E-state index contributed by atoms with van der Waals surface area (Å²) in [5.41, 5.74) is 2.32. The van der Waals surface area contributed by atoms with Crippen LogP contribution in [0, 0.1) is 17.6 Å². The molecule has 38 heavy (non-hydrogen) atoms. The molecule has 0 aromatic heterocycles. The maximum absolute atomic E-state index is 15.0. The fourth-order valence-corrected chi connectivity index (χ4v) is 5.21. The standard InChI is InChI=1S/C30H30F3NO4/c1-17(34-10-9-19(14-31)15-34)16-37-22-6-3-20(4-7-22)30-29(24-12-27(36)26(33)13-25(24)32)18(2)23-11-21(35)5-8-28(23)38-30/h3-8,11-13,17,19,30,35-36H,9-10,14-16H2,1-2H3/t17-,19-,30?/m0/s1. The van der Waals surface area contributed by atoms with Crippen molar-refractivity contribution < 1.29 is 32.9 Å². The lowest BCUT2D eigenvalue weighted by Gasteiger charge is -2.31. The highest BCUT2D eigenvalue weighted by atomic mass is 19.1. The minimum atomic E-state index is -1.05. The van der Waals surface area contributed by atoms with E-state index in [-0.39, 0.29) is 29.9 Å². The molecule has 2 aliphatic heterocycles. The Balaban J connectivity index is 1.42. The first kappa shape index (κ1) is 26.0. The van der Waals surface area contributed by atoms with Gasteiger partial charge in [-0.25, -0.2) is 8.78 Å². The van der Waals surface area contributed by atoms with Crippen molar-refractivity contribution in [3.63, 3.8) is 0 Å². The molecule has 0 bridgehead atoms. The van der Waals surface area contributed by atoms with Crippen LogP contribution >= 0.6 is 0 Å². The van der Waals surface area contributed by atoms with Crippen LogP contribution in [0.15, 0.2) is 54.6 Å². The van der Waals surface area contributed by atoms with Gasteiger partial charge in [0.15, 0.2) is 11.6 Å². The highest BCUT2D eigenvalue weighted by molar-refractivity contribution is 5.96. The number of phenols is 2. The highest BCUT2D eigenvalue weighted by Gasteiger charge is 2.32. The van der Waals surface area contributed by atoms with Crippen LogP contribution in [0.4, 0.5) is 13.2 Å². The predicted molar refractivity (Wildman–Crippen MR) is 139 cm³/mol. The zero-order chi connectivity index (χ0) is 27.0. The summed E-state index contributed by atoms with van der Waals surface area (Å²) in [7, 11) is 0. The summed E-state index contributed by atoms with van der Waals surface area (Å²) in [6, 6.07) is 13.8. The number of allylic oxidation sites excluding steroid dienone is 1. The quantitative estimate of drug-likeness (QED) is 0.369. The molecule has 0 saturated carbocycles. The maximum atomic E-state index is 15.0. The van der Waals surface area contributed by atoms with Gasteiger partial charge in [-0.2, -0.15) is 0 Å². The molecule has 5 nitrogen and oxygen atoms in total. The van der Waals surface area contributed by atoms with Crippen LogP contribution < -0.4 is 9.47 Å². The molecule has 1 saturated heterocycles. The summed E-state index contributed by atoms with van der Waals surface area (Å²) in [5, 5.41) is 20.0. The summed E-state index contributed by atoms with van der Waals surface area (Å²) in [6.07, 6.45) is 0.100. The molecule has 1 fully saturated rings. The van der Waals surface area contributed by atoms with Crippen LogP contribution in [-0.2, 0) is 0 Å². The van der Waals surface area contributed by atoms with Crippen LogP contribution in [0.3, 0.4) is 0 Å². The van der Waals surface area contributed by atoms with E-state index in [0.29, 0.717) is 46.4 Å². The summed E-state index contributed by atoms with van der Waals surface area (Å²) >= 11 is 0. The lowest BCUT2D eigenvalue weighted by molar-refractivity contribution is 0.165. The third-order valence-electron chi connectivity index (χ3n) is 7.44. The first-order chi connectivity index (χ1) is 18.2. The van der Waals surface area contributed by atoms with Gasteiger partial charge >= 0.3 is 0 Å². The van der Waals surface area contributed by atoms with E-state index < -0.39 is 23.5 Å². The van der Waals surface area contributed by atoms with Crippen molar-refractivity contribution in [1.82, 2.24) is 4.90 Å². The average molecular weight is 526 g/mol. The van der Waals surface area contributed by atoms with E-state index >= 15 is 4.39 Å². The van der Waals surface area contributed by atoms with Gasteiger partial charge in [-0.15, -0.1) is 0 Å². The number of nitrogens with zero attached hydrogens (tertiary/aromatic N) is 1. The van der Waals surface area contributed by atoms with E-state index in [4.69, 9.17) is 9.47 Å². The van der Waals surface area contributed by atoms with E-state index in [1.807, 2.05) is 12.1 Å². The van der Waals surface area contributed by atoms with E-state index in [0.717, 1.165) is 25.6 Å². The van der Waals surface area contributed by atoms with Crippen molar-refractivity contribution in [1.29, 1.82) is 0 Å². The fourth-order valence-electron chi connectivity index (χ4n) is 5.21. The number of halogens is 3. The van der Waals surface area contributed by atoms with Crippen molar-refractivity contribution in [3.05, 3.63) is 82.9 Å². The molecule has 3 aromatic rings. The van der Waals surface area contributed by atoms with Gasteiger partial charge in [-0.1, -0.05) is 12.1 Å². The SMILES string of the molecule is CC1=C(c2cc(O)c(F)cc2F)C(c2ccc(OC[C@H](C)N3CC[C@@H](CF)C3)cc2)Oc2ccc(O)cc21. The van der Waals surface area contributed by atoms with Gasteiger partial charge in [0.1, 0.15) is 35.8 Å². The molecule has 0 amide bonds. The van der Waals surface area contributed by atoms with E-state index in [9.17, 15) is 19.0 Å². The number of phenolic OH excluding ortho intramolecular Hbond substituents is 2. The summed E-state index contributed by atoms with van der Waals surface area (Å²) in [6.45, 7) is 5.60. The molecule has 2 N–H and O–H groups in total. The molecule has 0 spiro atoms. The minimum Gasteiger partial charge on any atom is -0.508 e. The minimum absolute atomic E-state index is 0.00624. The Morgan fingerprint density at radius 2 is 1.79 bits per heavy atom. The van der Waals surface area contributed by atoms with Crippen LogP contribution in [0.5, 0.6) is 23.0 Å². The van der Waals surface area contributed by atoms with Crippen molar-refractivity contribution in [3.8, 4) is 23.0 Å². The lowest BCUT2D eigenvalue weighted by Crippen LogP contribution is -2.35. The molecule has 3 atom stereocenters. The number of likely N-dealkylation sites (tertiary alicyclic amines) is 1. The fraction of sp³-hybridized carbons (Fsp3) is 0.333. The predicted octanol–water partition coefficient (Wildman–Crippen LogP) is 6.50. The molecule has 8 heteroatoms. The Hall–Kier alpha value is -3.65. The zero-order valence-corrected chi connectivity index (χ0v) is 21.3. The number of hydrogen-bond donors (Lipinski definition) is 2. The Kier molecular flexibility index (Phi) is 7.25. The zero-order valence-electron chi connectivity index (χ0n) is 21.3. The molecule has 1 unspecified atom stereocenters. The Morgan fingerprint density at radius 3 is 2.50 bits per heavy atom. The number of aromatic hydroxyl groups is 2. The molecular weight excluding hydrogens is 495 g/mol. The number of hydrogen-bond acceptors (Lipinski definition) is 5. The molecule has 0 aliphatic carbocycles. The number of alkyl halides is 1. The Labute approximate surface area is 219 Å². The molecule has 200 valence electrons. The second-order valence-electron chi connectivity index (χ2n) is 10.0. The number of ether oxygens (including phenoxy) is 2. The van der Waals surface area contributed by atoms with Crippen molar-refractivity contribution >= 4 is 11.1 Å². The summed E-state index contributed by atoms with van der Waals surface area (Å²) in [5.74, 6) is -1.28. The third kappa shape index (κ3) is 5.05. The summed E-state index contributed by atoms with van der Waals surface area (Å²) in [4.78, 5) is 2.23. The third-order valence-corrected chi connectivity index (χ3v) is 7.44. The van der Waals surface area contributed by atoms with Gasteiger partial charge in [-0.3, -0.25) is 9.29 Å². The Morgan fingerprint density at radius 1 is 1.03 bits per heavy atom. The van der Waals surface area contributed by atoms with Gasteiger partial charge in [0.25, 0.3) is 0 Å². The van der Waals surface area contributed by atoms with Gasteiger partial charge in [0.2, 0.25) is 0 Å². The average Bonchev–Trinajstić information content (AvgIpc) is 3.40. The van der Waals surface area contributed by atoms with Crippen molar-refractivity contribution in [2.75, 3.05) is 26.4 Å². The smallest absolute Gasteiger partial charge is 0.167 e. The second kappa shape index (κ2) is 10.6. The first-order valence-electron chi connectivity index (χ1n) is 12.7. The molecule has 2 heterocycles. The first-order valence-corrected chi connectivity index (χ1v) is 12.7. The monoisotopic (exact) mass is 525 g/mol. The van der Waals surface area contributed by atoms with E-state index in [1.165, 1.54) is 12.1 Å².